The standard InChI is InChI=1S/C35H36ClN7O9S2/c1-18-9-10-21(23(36)27(18)44)29(45)38-11-14-43(12-5-6-13-43)15-20-16-53-32-25(31(47)42(32)26(20)33(48)49)40-30(46)24(22-17-54-35(37)39-22)41-52-28(34(50)51)19-7-3-2-4-8-19/h2-4,7-10,17,25,28,32H,5-6,11-16H2,1H3,(H6-,37,38,39,40,44,45,46,48,49,50,51)/p+1/b41-24-/t25-,28+,32-/m1/s1. The van der Waals surface area contributed by atoms with Crippen LogP contribution in [0.5, 0.6) is 5.75 Å². The Bertz CT molecular complexity index is 2050. The van der Waals surface area contributed by atoms with E-state index in [-0.39, 0.29) is 50.7 Å². The predicted octanol–water partition coefficient (Wildman–Crippen LogP) is 2.72. The number of anilines is 1. The molecule has 3 aliphatic rings. The van der Waals surface area contributed by atoms with Crippen molar-refractivity contribution in [2.45, 2.75) is 37.3 Å². The Hall–Kier alpha value is -5.17. The average molecular weight is 799 g/mol. The number of likely N-dealkylation sites (tertiary alicyclic amines) is 1. The van der Waals surface area contributed by atoms with Gasteiger partial charge in [0.2, 0.25) is 6.10 Å². The van der Waals surface area contributed by atoms with E-state index < -0.39 is 52.9 Å². The molecule has 2 fully saturated rings. The van der Waals surface area contributed by atoms with Crippen LogP contribution >= 0.6 is 34.7 Å². The number of amides is 3. The lowest BCUT2D eigenvalue weighted by atomic mass is 10.0. The lowest BCUT2D eigenvalue weighted by Crippen LogP contribution is -2.71. The third-order valence-corrected chi connectivity index (χ3v) is 12.0. The highest BCUT2D eigenvalue weighted by Gasteiger charge is 2.55. The Morgan fingerprint density at radius 2 is 1.87 bits per heavy atom. The molecule has 3 atom stereocenters. The molecule has 0 spiro atoms. The molecular formula is C35H37ClN7O9S2+. The largest absolute Gasteiger partial charge is 0.506 e. The number of aromatic nitrogens is 1. The van der Waals surface area contributed by atoms with Crippen LogP contribution in [-0.4, -0.2) is 115 Å². The molecule has 1 aromatic heterocycles. The number of carbonyl (C=O) groups is 5. The highest BCUT2D eigenvalue weighted by Crippen LogP contribution is 2.41. The zero-order valence-electron chi connectivity index (χ0n) is 28.9. The molecule has 4 heterocycles. The third kappa shape index (κ3) is 7.87. The topological polar surface area (TPSA) is 234 Å². The van der Waals surface area contributed by atoms with Crippen molar-refractivity contribution in [2.24, 2.45) is 5.16 Å². The van der Waals surface area contributed by atoms with Crippen molar-refractivity contribution in [3.8, 4) is 5.75 Å². The predicted molar refractivity (Wildman–Crippen MR) is 200 cm³/mol. The molecule has 16 nitrogen and oxygen atoms in total. The molecule has 3 aromatic rings. The fourth-order valence-electron chi connectivity index (χ4n) is 6.81. The SMILES string of the molecule is Cc1ccc(C(=O)NCC[N+]2(CC3=C(C(=O)O)N4C(=O)[C@@H](NC(=O)/C(=N\O[C@H](C(=O)O)c5ccccc5)c5csc(N)n5)[C@H]4SC3)CCCC2)c(Cl)c1O. The molecular weight excluding hydrogens is 762 g/mol. The normalized spacial score (nSPS) is 19.8. The van der Waals surface area contributed by atoms with Gasteiger partial charge in [-0.1, -0.05) is 53.2 Å². The second-order valence-electron chi connectivity index (χ2n) is 13.1. The fourth-order valence-corrected chi connectivity index (χ4v) is 8.99. The Balaban J connectivity index is 1.16. The number of hydrogen-bond acceptors (Lipinski definition) is 12. The summed E-state index contributed by atoms with van der Waals surface area (Å²) in [7, 11) is 0. The second kappa shape index (κ2) is 16.1. The van der Waals surface area contributed by atoms with E-state index in [0.717, 1.165) is 37.3 Å². The van der Waals surface area contributed by atoms with Gasteiger partial charge in [-0.25, -0.2) is 14.6 Å². The van der Waals surface area contributed by atoms with Crippen LogP contribution in [0.2, 0.25) is 5.02 Å². The van der Waals surface area contributed by atoms with E-state index in [1.165, 1.54) is 34.2 Å². The number of aromatic hydroxyl groups is 1. The number of phenols is 1. The van der Waals surface area contributed by atoms with E-state index in [0.29, 0.717) is 28.7 Å². The highest BCUT2D eigenvalue weighted by molar-refractivity contribution is 8.00. The first-order valence-electron chi connectivity index (χ1n) is 16.9. The van der Waals surface area contributed by atoms with Gasteiger partial charge in [-0.05, 0) is 18.6 Å². The molecule has 0 unspecified atom stereocenters. The first-order valence-corrected chi connectivity index (χ1v) is 19.2. The molecule has 19 heteroatoms. The van der Waals surface area contributed by atoms with Crippen LogP contribution in [0, 0.1) is 6.92 Å². The number of aryl methyl sites for hydroxylation is 1. The quantitative estimate of drug-likeness (QED) is 0.0598. The summed E-state index contributed by atoms with van der Waals surface area (Å²) in [4.78, 5) is 75.5. The Labute approximate surface area is 322 Å². The van der Waals surface area contributed by atoms with Gasteiger partial charge in [0.05, 0.1) is 36.8 Å². The van der Waals surface area contributed by atoms with E-state index in [2.05, 4.69) is 20.8 Å². The number of carboxylic acids is 2. The van der Waals surface area contributed by atoms with Crippen LogP contribution < -0.4 is 16.4 Å². The number of phenolic OH excluding ortho intramolecular Hbond substituents is 1. The lowest BCUT2D eigenvalue weighted by molar-refractivity contribution is -0.911. The van der Waals surface area contributed by atoms with E-state index in [9.17, 15) is 39.3 Å². The number of hydrogen-bond donors (Lipinski definition) is 6. The van der Waals surface area contributed by atoms with Crippen molar-refractivity contribution < 1.29 is 48.6 Å². The highest BCUT2D eigenvalue weighted by atomic mass is 35.5. The third-order valence-electron chi connectivity index (χ3n) is 9.57. The molecule has 284 valence electrons. The maximum atomic E-state index is 13.6. The van der Waals surface area contributed by atoms with Gasteiger partial charge in [0, 0.05) is 35.1 Å². The van der Waals surface area contributed by atoms with E-state index in [1.807, 2.05) is 0 Å². The molecule has 0 saturated carbocycles. The van der Waals surface area contributed by atoms with Crippen molar-refractivity contribution in [3.63, 3.8) is 0 Å². The molecule has 54 heavy (non-hydrogen) atoms. The van der Waals surface area contributed by atoms with Crippen LogP contribution in [0.25, 0.3) is 0 Å². The number of thioether (sulfide) groups is 1. The van der Waals surface area contributed by atoms with Crippen LogP contribution in [0.4, 0.5) is 5.13 Å². The molecule has 2 aromatic carbocycles. The number of carboxylic acid groups (broad SMARTS) is 2. The molecule has 0 bridgehead atoms. The minimum absolute atomic E-state index is 0.00327. The zero-order chi connectivity index (χ0) is 38.7. The number of quaternary nitrogens is 1. The van der Waals surface area contributed by atoms with E-state index in [1.54, 1.807) is 37.3 Å². The summed E-state index contributed by atoms with van der Waals surface area (Å²) in [6.45, 7) is 4.28. The summed E-state index contributed by atoms with van der Waals surface area (Å²) in [6.07, 6.45) is 0.260. The molecule has 3 amide bonds. The van der Waals surface area contributed by atoms with Crippen molar-refractivity contribution in [1.82, 2.24) is 20.5 Å². The second-order valence-corrected chi connectivity index (χ2v) is 15.5. The molecule has 0 radical (unpaired) electrons. The van der Waals surface area contributed by atoms with Crippen molar-refractivity contribution >= 4 is 75.2 Å². The van der Waals surface area contributed by atoms with Crippen LogP contribution in [0.1, 0.15) is 46.1 Å². The Morgan fingerprint density at radius 3 is 2.52 bits per heavy atom. The number of nitrogens with one attached hydrogen (secondary N) is 2. The number of halogens is 1. The van der Waals surface area contributed by atoms with Gasteiger partial charge in [0.15, 0.2) is 10.8 Å². The van der Waals surface area contributed by atoms with Gasteiger partial charge in [0.1, 0.15) is 35.1 Å². The number of oxime groups is 1. The Morgan fingerprint density at radius 1 is 1.15 bits per heavy atom. The molecule has 6 rings (SSSR count). The zero-order valence-corrected chi connectivity index (χ0v) is 31.2. The number of nitrogen functional groups attached to an aromatic ring is 1. The first kappa shape index (κ1) is 38.6. The Kier molecular flexibility index (Phi) is 11.5. The molecule has 0 aliphatic carbocycles. The monoisotopic (exact) mass is 798 g/mol. The summed E-state index contributed by atoms with van der Waals surface area (Å²) in [5, 5.41) is 40.4. The van der Waals surface area contributed by atoms with E-state index >= 15 is 0 Å². The number of rotatable bonds is 14. The lowest BCUT2D eigenvalue weighted by Gasteiger charge is -2.50. The number of carbonyl (C=O) groups excluding carboxylic acids is 3. The van der Waals surface area contributed by atoms with Gasteiger partial charge >= 0.3 is 11.9 Å². The van der Waals surface area contributed by atoms with Crippen molar-refractivity contribution in [1.29, 1.82) is 0 Å². The van der Waals surface area contributed by atoms with Gasteiger partial charge in [0.25, 0.3) is 17.7 Å². The summed E-state index contributed by atoms with van der Waals surface area (Å²) in [6, 6.07) is 10.0. The van der Waals surface area contributed by atoms with Crippen molar-refractivity contribution in [3.05, 3.63) is 86.5 Å². The molecule has 3 aliphatic heterocycles. The minimum Gasteiger partial charge on any atom is -0.506 e. The smallest absolute Gasteiger partial charge is 0.352 e. The summed E-state index contributed by atoms with van der Waals surface area (Å²) in [5.41, 5.74) is 6.76. The van der Waals surface area contributed by atoms with Gasteiger partial charge in [-0.2, -0.15) is 0 Å². The number of aliphatic carboxylic acids is 2. The number of fused-ring (bicyclic) bond motifs is 1. The van der Waals surface area contributed by atoms with Gasteiger partial charge in [-0.15, -0.1) is 23.1 Å². The number of benzene rings is 2. The van der Waals surface area contributed by atoms with Gasteiger partial charge in [-0.3, -0.25) is 19.3 Å². The maximum absolute atomic E-state index is 13.6. The van der Waals surface area contributed by atoms with E-state index in [4.69, 9.17) is 22.2 Å². The number of thiazole rings is 1. The van der Waals surface area contributed by atoms with Crippen molar-refractivity contribution in [2.75, 3.05) is 44.2 Å². The maximum Gasteiger partial charge on any atom is 0.352 e. The number of nitrogens with two attached hydrogens (primary N) is 1. The number of nitrogens with zero attached hydrogens (tertiary/aromatic N) is 4. The summed E-state index contributed by atoms with van der Waals surface area (Å²) in [5.74, 6) is -4.49. The molecule has 2 saturated heterocycles. The average Bonchev–Trinajstić information content (AvgIpc) is 3.80. The summed E-state index contributed by atoms with van der Waals surface area (Å²) >= 11 is 8.53. The summed E-state index contributed by atoms with van der Waals surface area (Å²) < 4.78 is 0.504. The number of β-lactam (4-membered cyclic amide) rings is 1. The van der Waals surface area contributed by atoms with Crippen LogP contribution in [0.15, 0.2) is 64.3 Å². The molecule has 7 N–H and O–H groups in total. The van der Waals surface area contributed by atoms with Crippen LogP contribution in [-0.2, 0) is 24.0 Å². The fraction of sp³-hybridized carbons (Fsp3) is 0.343. The minimum atomic E-state index is -1.56. The van der Waals surface area contributed by atoms with Gasteiger partial charge < -0.3 is 41.0 Å². The van der Waals surface area contributed by atoms with Crippen LogP contribution in [0.3, 0.4) is 0 Å². The first-order chi connectivity index (χ1) is 25.8.